The number of nitrogens with two attached hydrogens (primary N) is 2. The Labute approximate surface area is 82.3 Å². The van der Waals surface area contributed by atoms with Crippen LogP contribution in [-0.2, 0) is 6.54 Å². The quantitative estimate of drug-likeness (QED) is 0.789. The molecule has 1 heterocycles. The fraction of sp³-hybridized carbons (Fsp3) is 0.286. The van der Waals surface area contributed by atoms with Gasteiger partial charge in [-0.1, -0.05) is 0 Å². The summed E-state index contributed by atoms with van der Waals surface area (Å²) in [5.74, 6) is 0.178. The van der Waals surface area contributed by atoms with Gasteiger partial charge >= 0.3 is 0 Å². The lowest BCUT2D eigenvalue weighted by Gasteiger charge is -2.09. The summed E-state index contributed by atoms with van der Waals surface area (Å²) < 4.78 is 24.9. The molecule has 0 aliphatic heterocycles. The number of nitrogen functional groups attached to an aromatic ring is 1. The van der Waals surface area contributed by atoms with E-state index in [0.717, 1.165) is 0 Å². The summed E-state index contributed by atoms with van der Waals surface area (Å²) in [5.41, 5.74) is 10.8. The fourth-order valence-corrected chi connectivity index (χ4v) is 1.63. The van der Waals surface area contributed by atoms with Crippen molar-refractivity contribution >= 4 is 21.7 Å². The summed E-state index contributed by atoms with van der Waals surface area (Å²) >= 11 is 2.91. The van der Waals surface area contributed by atoms with Crippen LogP contribution in [0.15, 0.2) is 10.7 Å². The highest BCUT2D eigenvalue weighted by Crippen LogP contribution is 2.30. The van der Waals surface area contributed by atoms with Crippen molar-refractivity contribution in [2.24, 2.45) is 5.73 Å². The Kier molecular flexibility index (Phi) is 3.16. The second kappa shape index (κ2) is 3.97. The van der Waals surface area contributed by atoms with Crippen molar-refractivity contribution in [2.45, 2.75) is 13.0 Å². The second-order valence-electron chi connectivity index (χ2n) is 2.42. The Bertz CT molecular complexity index is 317. The van der Waals surface area contributed by atoms with Gasteiger partial charge in [-0.15, -0.1) is 0 Å². The molecule has 0 saturated heterocycles. The first kappa shape index (κ1) is 10.3. The van der Waals surface area contributed by atoms with Crippen molar-refractivity contribution in [1.82, 2.24) is 4.98 Å². The molecule has 13 heavy (non-hydrogen) atoms. The average Bonchev–Trinajstić information content (AvgIpc) is 2.01. The van der Waals surface area contributed by atoms with Gasteiger partial charge in [0.1, 0.15) is 10.4 Å². The van der Waals surface area contributed by atoms with Crippen LogP contribution in [0.25, 0.3) is 0 Å². The predicted octanol–water partition coefficient (Wildman–Crippen LogP) is 1.82. The normalized spacial score (nSPS) is 10.8. The molecule has 0 bridgehead atoms. The van der Waals surface area contributed by atoms with Gasteiger partial charge < -0.3 is 11.5 Å². The number of pyridine rings is 1. The minimum atomic E-state index is -2.60. The van der Waals surface area contributed by atoms with E-state index < -0.39 is 6.43 Å². The summed E-state index contributed by atoms with van der Waals surface area (Å²) in [5, 5.41) is 0. The second-order valence-corrected chi connectivity index (χ2v) is 3.17. The van der Waals surface area contributed by atoms with Gasteiger partial charge in [-0.3, -0.25) is 0 Å². The number of alkyl halides is 2. The molecule has 0 aliphatic rings. The maximum absolute atomic E-state index is 12.4. The van der Waals surface area contributed by atoms with Crippen LogP contribution >= 0.6 is 15.9 Å². The zero-order chi connectivity index (χ0) is 10.0. The third kappa shape index (κ3) is 2.13. The molecule has 1 aromatic heterocycles. The Morgan fingerprint density at radius 2 is 2.15 bits per heavy atom. The molecule has 0 unspecified atom stereocenters. The molecule has 0 saturated carbocycles. The van der Waals surface area contributed by atoms with Crippen LogP contribution in [0.4, 0.5) is 14.6 Å². The molecule has 0 atom stereocenters. The topological polar surface area (TPSA) is 64.9 Å². The smallest absolute Gasteiger partial charge is 0.266 e. The summed E-state index contributed by atoms with van der Waals surface area (Å²) in [6.07, 6.45) is -2.60. The average molecular weight is 252 g/mol. The highest BCUT2D eigenvalue weighted by atomic mass is 79.9. The zero-order valence-electron chi connectivity index (χ0n) is 6.60. The molecule has 0 aromatic carbocycles. The molecular weight excluding hydrogens is 244 g/mol. The number of aromatic nitrogens is 1. The summed E-state index contributed by atoms with van der Waals surface area (Å²) in [4.78, 5) is 3.66. The molecule has 4 N–H and O–H groups in total. The lowest BCUT2D eigenvalue weighted by atomic mass is 10.1. The zero-order valence-corrected chi connectivity index (χ0v) is 8.18. The summed E-state index contributed by atoms with van der Waals surface area (Å²) in [6.45, 7) is 0.0188. The van der Waals surface area contributed by atoms with E-state index in [1.165, 1.54) is 6.07 Å². The number of hydrogen-bond acceptors (Lipinski definition) is 3. The van der Waals surface area contributed by atoms with Crippen LogP contribution in [-0.4, -0.2) is 4.98 Å². The van der Waals surface area contributed by atoms with Crippen LogP contribution in [0.1, 0.15) is 17.6 Å². The van der Waals surface area contributed by atoms with E-state index in [-0.39, 0.29) is 22.5 Å². The molecule has 3 nitrogen and oxygen atoms in total. The third-order valence-corrected chi connectivity index (χ3v) is 2.16. The van der Waals surface area contributed by atoms with E-state index in [0.29, 0.717) is 5.56 Å². The minimum Gasteiger partial charge on any atom is -0.384 e. The SMILES string of the molecule is NCc1cc(N)nc(Br)c1C(F)F. The largest absolute Gasteiger partial charge is 0.384 e. The van der Waals surface area contributed by atoms with Crippen LogP contribution in [0.3, 0.4) is 0 Å². The van der Waals surface area contributed by atoms with Crippen LogP contribution in [0, 0.1) is 0 Å². The first-order chi connectivity index (χ1) is 6.06. The van der Waals surface area contributed by atoms with E-state index in [9.17, 15) is 8.78 Å². The predicted molar refractivity (Wildman–Crippen MR) is 49.2 cm³/mol. The molecule has 72 valence electrons. The molecule has 0 spiro atoms. The third-order valence-electron chi connectivity index (χ3n) is 1.56. The highest BCUT2D eigenvalue weighted by molar-refractivity contribution is 9.10. The van der Waals surface area contributed by atoms with E-state index in [2.05, 4.69) is 20.9 Å². The lowest BCUT2D eigenvalue weighted by Crippen LogP contribution is -2.06. The number of halogens is 3. The Morgan fingerprint density at radius 3 is 2.62 bits per heavy atom. The van der Waals surface area contributed by atoms with Crippen molar-refractivity contribution in [1.29, 1.82) is 0 Å². The van der Waals surface area contributed by atoms with Gasteiger partial charge in [0, 0.05) is 6.54 Å². The maximum Gasteiger partial charge on any atom is 0.266 e. The molecule has 6 heteroatoms. The van der Waals surface area contributed by atoms with Gasteiger partial charge in [0.05, 0.1) is 5.56 Å². The summed E-state index contributed by atoms with van der Waals surface area (Å²) in [6, 6.07) is 1.35. The Hall–Kier alpha value is -0.750. The van der Waals surface area contributed by atoms with Gasteiger partial charge in [-0.05, 0) is 27.6 Å². The van der Waals surface area contributed by atoms with E-state index in [1.54, 1.807) is 0 Å². The standard InChI is InChI=1S/C7H8BrF2N3/c8-6-5(7(9)10)3(2-11)1-4(12)13-6/h1,7H,2,11H2,(H2,12,13). The van der Waals surface area contributed by atoms with Gasteiger partial charge in [0.2, 0.25) is 0 Å². The molecular formula is C7H8BrF2N3. The number of nitrogens with zero attached hydrogens (tertiary/aromatic N) is 1. The van der Waals surface area contributed by atoms with Gasteiger partial charge in [0.15, 0.2) is 0 Å². The van der Waals surface area contributed by atoms with Crippen molar-refractivity contribution in [3.05, 3.63) is 21.8 Å². The van der Waals surface area contributed by atoms with E-state index in [1.807, 2.05) is 0 Å². The van der Waals surface area contributed by atoms with Crippen LogP contribution < -0.4 is 11.5 Å². The minimum absolute atomic E-state index is 0.0188. The van der Waals surface area contributed by atoms with Crippen molar-refractivity contribution in [3.63, 3.8) is 0 Å². The molecule has 0 amide bonds. The van der Waals surface area contributed by atoms with Crippen molar-refractivity contribution < 1.29 is 8.78 Å². The first-order valence-corrected chi connectivity index (χ1v) is 4.28. The van der Waals surface area contributed by atoms with Crippen LogP contribution in [0.2, 0.25) is 0 Å². The van der Waals surface area contributed by atoms with Crippen molar-refractivity contribution in [3.8, 4) is 0 Å². The monoisotopic (exact) mass is 251 g/mol. The maximum atomic E-state index is 12.4. The Balaban J connectivity index is 3.30. The molecule has 0 aliphatic carbocycles. The molecule has 0 fully saturated rings. The molecule has 1 rings (SSSR count). The van der Waals surface area contributed by atoms with Gasteiger partial charge in [-0.25, -0.2) is 13.8 Å². The fourth-order valence-electron chi connectivity index (χ4n) is 0.994. The lowest BCUT2D eigenvalue weighted by molar-refractivity contribution is 0.149. The van der Waals surface area contributed by atoms with Gasteiger partial charge in [0.25, 0.3) is 6.43 Å². The van der Waals surface area contributed by atoms with E-state index in [4.69, 9.17) is 11.5 Å². The first-order valence-electron chi connectivity index (χ1n) is 3.49. The Morgan fingerprint density at radius 1 is 1.54 bits per heavy atom. The number of rotatable bonds is 2. The van der Waals surface area contributed by atoms with Crippen molar-refractivity contribution in [2.75, 3.05) is 5.73 Å². The van der Waals surface area contributed by atoms with E-state index >= 15 is 0 Å². The molecule has 0 radical (unpaired) electrons. The summed E-state index contributed by atoms with van der Waals surface area (Å²) in [7, 11) is 0. The van der Waals surface area contributed by atoms with Crippen LogP contribution in [0.5, 0.6) is 0 Å². The molecule has 1 aromatic rings. The van der Waals surface area contributed by atoms with Gasteiger partial charge in [-0.2, -0.15) is 0 Å². The number of anilines is 1. The highest BCUT2D eigenvalue weighted by Gasteiger charge is 2.17. The number of hydrogen-bond donors (Lipinski definition) is 2.